The molecule has 1 aliphatic heterocycles. The first-order valence-corrected chi connectivity index (χ1v) is 5.86. The van der Waals surface area contributed by atoms with Gasteiger partial charge in [-0.3, -0.25) is 16.0 Å². The summed E-state index contributed by atoms with van der Waals surface area (Å²) in [6, 6.07) is 0.0396. The van der Waals surface area contributed by atoms with Crippen LogP contribution in [-0.4, -0.2) is 22.5 Å². The number of nitrogens with two attached hydrogens (primary N) is 1. The second kappa shape index (κ2) is 4.95. The number of nitrogens with zero attached hydrogens (tertiary/aromatic N) is 2. The van der Waals surface area contributed by atoms with Gasteiger partial charge in [0.05, 0.1) is 18.3 Å². The molecule has 0 aromatic carbocycles. The van der Waals surface area contributed by atoms with Gasteiger partial charge in [0, 0.05) is 24.9 Å². The average Bonchev–Trinajstić information content (AvgIpc) is 2.90. The summed E-state index contributed by atoms with van der Waals surface area (Å²) in [7, 11) is 0. The topological polar surface area (TPSA) is 65.1 Å². The van der Waals surface area contributed by atoms with Crippen molar-refractivity contribution < 1.29 is 4.74 Å². The maximum atomic E-state index is 5.74. The lowest BCUT2D eigenvalue weighted by molar-refractivity contribution is 0.0607. The Morgan fingerprint density at radius 1 is 1.75 bits per heavy atom. The SMILES string of the molecule is CCn1cc(C(NN)C2OCCC2C)cn1. The van der Waals surface area contributed by atoms with Crippen molar-refractivity contribution in [1.82, 2.24) is 15.2 Å². The number of rotatable bonds is 4. The molecule has 5 nitrogen and oxygen atoms in total. The summed E-state index contributed by atoms with van der Waals surface area (Å²) in [6.45, 7) is 5.97. The summed E-state index contributed by atoms with van der Waals surface area (Å²) in [6.07, 6.45) is 5.14. The molecule has 0 spiro atoms. The summed E-state index contributed by atoms with van der Waals surface area (Å²) in [4.78, 5) is 0. The van der Waals surface area contributed by atoms with Crippen molar-refractivity contribution in [2.24, 2.45) is 11.8 Å². The standard InChI is InChI=1S/C11H20N4O/c1-3-15-7-9(6-13-15)10(14-12)11-8(2)4-5-16-11/h6-8,10-11,14H,3-5,12H2,1-2H3. The van der Waals surface area contributed by atoms with Gasteiger partial charge in [0.2, 0.25) is 0 Å². The van der Waals surface area contributed by atoms with Gasteiger partial charge in [-0.25, -0.2) is 0 Å². The minimum absolute atomic E-state index is 0.0396. The lowest BCUT2D eigenvalue weighted by atomic mass is 9.95. The molecule has 1 fully saturated rings. The molecule has 3 unspecified atom stereocenters. The van der Waals surface area contributed by atoms with E-state index in [4.69, 9.17) is 10.6 Å². The third-order valence-corrected chi connectivity index (χ3v) is 3.29. The van der Waals surface area contributed by atoms with Crippen molar-refractivity contribution in [1.29, 1.82) is 0 Å². The molecule has 0 amide bonds. The second-order valence-electron chi connectivity index (χ2n) is 4.38. The van der Waals surface area contributed by atoms with E-state index in [0.29, 0.717) is 5.92 Å². The quantitative estimate of drug-likeness (QED) is 0.587. The van der Waals surface area contributed by atoms with Gasteiger partial charge in [-0.2, -0.15) is 5.10 Å². The number of nitrogens with one attached hydrogen (secondary N) is 1. The summed E-state index contributed by atoms with van der Waals surface area (Å²) >= 11 is 0. The van der Waals surface area contributed by atoms with Crippen LogP contribution in [0.5, 0.6) is 0 Å². The number of aromatic nitrogens is 2. The number of hydrogen-bond acceptors (Lipinski definition) is 4. The Balaban J connectivity index is 2.15. The Bertz CT molecular complexity index is 338. The molecule has 5 heteroatoms. The molecule has 3 N–H and O–H groups in total. The summed E-state index contributed by atoms with van der Waals surface area (Å²) in [5.41, 5.74) is 3.95. The predicted molar refractivity (Wildman–Crippen MR) is 61.5 cm³/mol. The van der Waals surface area contributed by atoms with Gasteiger partial charge < -0.3 is 4.74 Å². The average molecular weight is 224 g/mol. The van der Waals surface area contributed by atoms with Crippen LogP contribution in [0.3, 0.4) is 0 Å². The van der Waals surface area contributed by atoms with Crippen molar-refractivity contribution in [3.05, 3.63) is 18.0 Å². The van der Waals surface area contributed by atoms with E-state index in [2.05, 4.69) is 24.4 Å². The fourth-order valence-electron chi connectivity index (χ4n) is 2.24. The number of hydrazine groups is 1. The smallest absolute Gasteiger partial charge is 0.0810 e. The minimum atomic E-state index is 0.0396. The Morgan fingerprint density at radius 3 is 3.06 bits per heavy atom. The van der Waals surface area contributed by atoms with Gasteiger partial charge in [-0.15, -0.1) is 0 Å². The molecule has 0 radical (unpaired) electrons. The molecule has 0 bridgehead atoms. The van der Waals surface area contributed by atoms with Gasteiger partial charge in [-0.1, -0.05) is 6.92 Å². The van der Waals surface area contributed by atoms with Crippen LogP contribution >= 0.6 is 0 Å². The highest BCUT2D eigenvalue weighted by molar-refractivity contribution is 5.13. The molecule has 1 aromatic heterocycles. The van der Waals surface area contributed by atoms with Crippen LogP contribution in [0.15, 0.2) is 12.4 Å². The highest BCUT2D eigenvalue weighted by Crippen LogP contribution is 2.30. The molecule has 0 aliphatic carbocycles. The van der Waals surface area contributed by atoms with Gasteiger partial charge in [-0.05, 0) is 19.3 Å². The number of aryl methyl sites for hydroxylation is 1. The summed E-state index contributed by atoms with van der Waals surface area (Å²) in [5, 5.41) is 4.27. The van der Waals surface area contributed by atoms with Crippen molar-refractivity contribution in [2.75, 3.05) is 6.61 Å². The molecule has 2 heterocycles. The number of ether oxygens (including phenoxy) is 1. The first-order valence-electron chi connectivity index (χ1n) is 5.86. The van der Waals surface area contributed by atoms with Crippen LogP contribution in [-0.2, 0) is 11.3 Å². The van der Waals surface area contributed by atoms with Crippen LogP contribution in [0.1, 0.15) is 31.9 Å². The van der Waals surface area contributed by atoms with Crippen molar-refractivity contribution >= 4 is 0 Å². The van der Waals surface area contributed by atoms with Gasteiger partial charge in [0.25, 0.3) is 0 Å². The fraction of sp³-hybridized carbons (Fsp3) is 0.727. The van der Waals surface area contributed by atoms with Crippen molar-refractivity contribution in [3.8, 4) is 0 Å². The molecule has 1 aromatic rings. The maximum absolute atomic E-state index is 5.74. The van der Waals surface area contributed by atoms with Crippen LogP contribution in [0, 0.1) is 5.92 Å². The largest absolute Gasteiger partial charge is 0.376 e. The highest BCUT2D eigenvalue weighted by atomic mass is 16.5. The van der Waals surface area contributed by atoms with Crippen LogP contribution in [0.25, 0.3) is 0 Å². The Kier molecular flexibility index (Phi) is 3.58. The van der Waals surface area contributed by atoms with E-state index in [0.717, 1.165) is 25.1 Å². The molecule has 2 rings (SSSR count). The molecule has 90 valence electrons. The molecular weight excluding hydrogens is 204 g/mol. The lowest BCUT2D eigenvalue weighted by Crippen LogP contribution is -2.38. The monoisotopic (exact) mass is 224 g/mol. The van der Waals surface area contributed by atoms with Crippen molar-refractivity contribution in [2.45, 2.75) is 39.0 Å². The highest BCUT2D eigenvalue weighted by Gasteiger charge is 2.33. The van der Waals surface area contributed by atoms with Crippen molar-refractivity contribution in [3.63, 3.8) is 0 Å². The Labute approximate surface area is 95.9 Å². The van der Waals surface area contributed by atoms with Crippen LogP contribution < -0.4 is 11.3 Å². The molecule has 3 atom stereocenters. The van der Waals surface area contributed by atoms with Crippen LogP contribution in [0.4, 0.5) is 0 Å². The van der Waals surface area contributed by atoms with E-state index in [1.807, 2.05) is 17.1 Å². The minimum Gasteiger partial charge on any atom is -0.376 e. The third kappa shape index (κ3) is 2.11. The fourth-order valence-corrected chi connectivity index (χ4v) is 2.24. The van der Waals surface area contributed by atoms with E-state index < -0.39 is 0 Å². The van der Waals surface area contributed by atoms with Gasteiger partial charge in [0.1, 0.15) is 0 Å². The van der Waals surface area contributed by atoms with Gasteiger partial charge >= 0.3 is 0 Å². The molecule has 0 saturated carbocycles. The molecule has 1 aliphatic rings. The number of hydrogen-bond donors (Lipinski definition) is 2. The zero-order valence-corrected chi connectivity index (χ0v) is 9.89. The third-order valence-electron chi connectivity index (χ3n) is 3.29. The Morgan fingerprint density at radius 2 is 2.56 bits per heavy atom. The predicted octanol–water partition coefficient (Wildman–Crippen LogP) is 0.832. The summed E-state index contributed by atoms with van der Waals surface area (Å²) in [5.74, 6) is 6.16. The van der Waals surface area contributed by atoms with Gasteiger partial charge in [0.15, 0.2) is 0 Å². The molecule has 1 saturated heterocycles. The first kappa shape index (κ1) is 11.6. The van der Waals surface area contributed by atoms with E-state index >= 15 is 0 Å². The van der Waals surface area contributed by atoms with E-state index in [9.17, 15) is 0 Å². The lowest BCUT2D eigenvalue weighted by Gasteiger charge is -2.24. The molecular formula is C11H20N4O. The second-order valence-corrected chi connectivity index (χ2v) is 4.38. The Hall–Kier alpha value is -0.910. The van der Waals surface area contributed by atoms with Crippen LogP contribution in [0.2, 0.25) is 0 Å². The molecule has 16 heavy (non-hydrogen) atoms. The van der Waals surface area contributed by atoms with E-state index in [1.54, 1.807) is 0 Å². The normalized spacial score (nSPS) is 27.2. The zero-order chi connectivity index (χ0) is 11.5. The maximum Gasteiger partial charge on any atom is 0.0810 e. The van der Waals surface area contributed by atoms with E-state index in [1.165, 1.54) is 0 Å². The van der Waals surface area contributed by atoms with E-state index in [-0.39, 0.29) is 12.1 Å². The zero-order valence-electron chi connectivity index (χ0n) is 9.89. The first-order chi connectivity index (χ1) is 7.76. The summed E-state index contributed by atoms with van der Waals surface area (Å²) < 4.78 is 7.64.